The zero-order chi connectivity index (χ0) is 21.8. The predicted molar refractivity (Wildman–Crippen MR) is 120 cm³/mol. The molecule has 1 unspecified atom stereocenters. The molecule has 0 amide bonds. The van der Waals surface area contributed by atoms with E-state index in [9.17, 15) is 4.79 Å². The number of ether oxygens (including phenoxy) is 2. The average molecular weight is 418 g/mol. The standard InChI is InChI=1S/C24H26N4O3/c1-30-17-10-11-21(31-2)19(14-17)16-6-5-13-28(15-16)22-9-3-8-20(27-22)23(29)18-7-4-12-26-24(18)25/h3-4,7-12,14,16H,5-6,13,15H2,1-2H3,(H2,25,26). The molecule has 160 valence electrons. The Morgan fingerprint density at radius 3 is 2.77 bits per heavy atom. The third kappa shape index (κ3) is 4.30. The van der Waals surface area contributed by atoms with Gasteiger partial charge >= 0.3 is 0 Å². The Balaban J connectivity index is 1.59. The van der Waals surface area contributed by atoms with Crippen molar-refractivity contribution in [2.75, 3.05) is 37.9 Å². The number of hydrogen-bond donors (Lipinski definition) is 1. The van der Waals surface area contributed by atoms with Gasteiger partial charge < -0.3 is 20.1 Å². The number of hydrogen-bond acceptors (Lipinski definition) is 7. The molecule has 4 rings (SSSR count). The highest BCUT2D eigenvalue weighted by molar-refractivity contribution is 6.10. The third-order valence-electron chi connectivity index (χ3n) is 5.67. The molecule has 7 nitrogen and oxygen atoms in total. The Hall–Kier alpha value is -3.61. The Bertz CT molecular complexity index is 1090. The Labute approximate surface area is 181 Å². The van der Waals surface area contributed by atoms with Gasteiger partial charge in [0.15, 0.2) is 0 Å². The second-order valence-electron chi connectivity index (χ2n) is 7.54. The summed E-state index contributed by atoms with van der Waals surface area (Å²) >= 11 is 0. The molecule has 1 saturated heterocycles. The number of nitrogens with zero attached hydrogens (tertiary/aromatic N) is 3. The van der Waals surface area contributed by atoms with Crippen molar-refractivity contribution in [2.24, 2.45) is 0 Å². The highest BCUT2D eigenvalue weighted by Gasteiger charge is 2.26. The summed E-state index contributed by atoms with van der Waals surface area (Å²) < 4.78 is 11.0. The summed E-state index contributed by atoms with van der Waals surface area (Å²) in [5.74, 6) is 2.71. The van der Waals surface area contributed by atoms with Gasteiger partial charge in [-0.25, -0.2) is 9.97 Å². The number of methoxy groups -OCH3 is 2. The fraction of sp³-hybridized carbons (Fsp3) is 0.292. The SMILES string of the molecule is COc1ccc(OC)c(C2CCCN(c3cccc(C(=O)c4cccnc4N)n3)C2)c1. The van der Waals surface area contributed by atoms with Gasteiger partial charge in [-0.15, -0.1) is 0 Å². The van der Waals surface area contributed by atoms with Crippen LogP contribution in [0.3, 0.4) is 0 Å². The van der Waals surface area contributed by atoms with Gasteiger partial charge in [0.05, 0.1) is 19.8 Å². The largest absolute Gasteiger partial charge is 0.497 e. The van der Waals surface area contributed by atoms with Crippen LogP contribution >= 0.6 is 0 Å². The fourth-order valence-electron chi connectivity index (χ4n) is 4.07. The molecule has 7 heteroatoms. The quantitative estimate of drug-likeness (QED) is 0.611. The van der Waals surface area contributed by atoms with E-state index >= 15 is 0 Å². The lowest BCUT2D eigenvalue weighted by molar-refractivity contribution is 0.103. The molecule has 0 radical (unpaired) electrons. The highest BCUT2D eigenvalue weighted by atomic mass is 16.5. The van der Waals surface area contributed by atoms with E-state index in [4.69, 9.17) is 15.2 Å². The Morgan fingerprint density at radius 2 is 2.00 bits per heavy atom. The number of piperidine rings is 1. The summed E-state index contributed by atoms with van der Waals surface area (Å²) in [7, 11) is 3.35. The maximum atomic E-state index is 12.9. The number of benzene rings is 1. The number of carbonyl (C=O) groups excluding carboxylic acids is 1. The molecule has 0 saturated carbocycles. The van der Waals surface area contributed by atoms with Crippen LogP contribution in [-0.2, 0) is 0 Å². The van der Waals surface area contributed by atoms with Crippen molar-refractivity contribution in [1.29, 1.82) is 0 Å². The van der Waals surface area contributed by atoms with Gasteiger partial charge in [-0.1, -0.05) is 6.07 Å². The van der Waals surface area contributed by atoms with Crippen LogP contribution in [0.1, 0.15) is 40.4 Å². The normalized spacial score (nSPS) is 16.1. The molecule has 2 N–H and O–H groups in total. The van der Waals surface area contributed by atoms with Gasteiger partial charge in [-0.05, 0) is 55.3 Å². The maximum Gasteiger partial charge on any atom is 0.215 e. The molecule has 3 aromatic rings. The van der Waals surface area contributed by atoms with Crippen LogP contribution < -0.4 is 20.1 Å². The van der Waals surface area contributed by atoms with Crippen molar-refractivity contribution in [1.82, 2.24) is 9.97 Å². The molecule has 1 fully saturated rings. The first-order valence-electron chi connectivity index (χ1n) is 10.3. The average Bonchev–Trinajstić information content (AvgIpc) is 2.83. The molecule has 3 heterocycles. The first-order chi connectivity index (χ1) is 15.1. The van der Waals surface area contributed by atoms with E-state index in [0.717, 1.165) is 48.8 Å². The van der Waals surface area contributed by atoms with Crippen LogP contribution in [0.15, 0.2) is 54.7 Å². The van der Waals surface area contributed by atoms with Gasteiger partial charge in [0.1, 0.15) is 28.8 Å². The minimum Gasteiger partial charge on any atom is -0.497 e. The summed E-state index contributed by atoms with van der Waals surface area (Å²) in [6.45, 7) is 1.66. The van der Waals surface area contributed by atoms with Gasteiger partial charge in [0, 0.05) is 30.8 Å². The van der Waals surface area contributed by atoms with Gasteiger partial charge in [-0.2, -0.15) is 0 Å². The lowest BCUT2D eigenvalue weighted by atomic mass is 9.89. The number of aromatic nitrogens is 2. The van der Waals surface area contributed by atoms with E-state index in [1.807, 2.05) is 30.3 Å². The topological polar surface area (TPSA) is 90.6 Å². The van der Waals surface area contributed by atoms with E-state index in [2.05, 4.69) is 14.9 Å². The van der Waals surface area contributed by atoms with Crippen LogP contribution in [0, 0.1) is 0 Å². The van der Waals surface area contributed by atoms with Crippen LogP contribution in [0.5, 0.6) is 11.5 Å². The van der Waals surface area contributed by atoms with Crippen molar-refractivity contribution in [2.45, 2.75) is 18.8 Å². The molecule has 1 aliphatic rings. The van der Waals surface area contributed by atoms with Crippen molar-refractivity contribution < 1.29 is 14.3 Å². The number of ketones is 1. The van der Waals surface area contributed by atoms with Crippen LogP contribution in [0.4, 0.5) is 11.6 Å². The van der Waals surface area contributed by atoms with E-state index in [0.29, 0.717) is 11.3 Å². The van der Waals surface area contributed by atoms with Gasteiger partial charge in [0.25, 0.3) is 0 Å². The van der Waals surface area contributed by atoms with Crippen LogP contribution in [-0.4, -0.2) is 43.1 Å². The van der Waals surface area contributed by atoms with E-state index in [1.165, 1.54) is 0 Å². The molecule has 0 bridgehead atoms. The van der Waals surface area contributed by atoms with E-state index < -0.39 is 0 Å². The van der Waals surface area contributed by atoms with Gasteiger partial charge in [-0.3, -0.25) is 4.79 Å². The summed E-state index contributed by atoms with van der Waals surface area (Å²) in [5, 5.41) is 0. The molecule has 0 aliphatic carbocycles. The summed E-state index contributed by atoms with van der Waals surface area (Å²) in [5.41, 5.74) is 7.73. The van der Waals surface area contributed by atoms with Gasteiger partial charge in [0.2, 0.25) is 5.78 Å². The minimum atomic E-state index is -0.226. The monoisotopic (exact) mass is 418 g/mol. The predicted octanol–water partition coefficient (Wildman–Crippen LogP) is 3.69. The lowest BCUT2D eigenvalue weighted by Gasteiger charge is -2.34. The van der Waals surface area contributed by atoms with E-state index in [-0.39, 0.29) is 17.5 Å². The van der Waals surface area contributed by atoms with Crippen molar-refractivity contribution in [3.05, 3.63) is 71.5 Å². The molecule has 1 atom stereocenters. The summed E-state index contributed by atoms with van der Waals surface area (Å²) in [4.78, 5) is 23.8. The maximum absolute atomic E-state index is 12.9. The fourth-order valence-corrected chi connectivity index (χ4v) is 4.07. The van der Waals surface area contributed by atoms with Crippen molar-refractivity contribution in [3.63, 3.8) is 0 Å². The smallest absolute Gasteiger partial charge is 0.215 e. The number of nitrogens with two attached hydrogens (primary N) is 1. The highest BCUT2D eigenvalue weighted by Crippen LogP contribution is 2.36. The van der Waals surface area contributed by atoms with Crippen molar-refractivity contribution in [3.8, 4) is 11.5 Å². The minimum absolute atomic E-state index is 0.211. The first-order valence-corrected chi connectivity index (χ1v) is 10.3. The number of carbonyl (C=O) groups is 1. The first kappa shape index (κ1) is 20.7. The molecular weight excluding hydrogens is 392 g/mol. The Morgan fingerprint density at radius 1 is 1.13 bits per heavy atom. The summed E-state index contributed by atoms with van der Waals surface area (Å²) in [6.07, 6.45) is 3.63. The molecule has 31 heavy (non-hydrogen) atoms. The molecule has 1 aromatic carbocycles. The van der Waals surface area contributed by atoms with Crippen molar-refractivity contribution >= 4 is 17.4 Å². The molecular formula is C24H26N4O3. The zero-order valence-corrected chi connectivity index (χ0v) is 17.7. The third-order valence-corrected chi connectivity index (χ3v) is 5.67. The van der Waals surface area contributed by atoms with Crippen LogP contribution in [0.2, 0.25) is 0 Å². The second-order valence-corrected chi connectivity index (χ2v) is 7.54. The van der Waals surface area contributed by atoms with Crippen LogP contribution in [0.25, 0.3) is 0 Å². The second kappa shape index (κ2) is 9.04. The molecule has 0 spiro atoms. The summed E-state index contributed by atoms with van der Waals surface area (Å²) in [6, 6.07) is 14.8. The number of rotatable bonds is 6. The van der Waals surface area contributed by atoms with E-state index in [1.54, 1.807) is 38.6 Å². The lowest BCUT2D eigenvalue weighted by Crippen LogP contribution is -2.35. The molecule has 1 aliphatic heterocycles. The zero-order valence-electron chi connectivity index (χ0n) is 17.7. The molecule has 2 aromatic heterocycles. The number of anilines is 2. The number of pyridine rings is 2. The Kier molecular flexibility index (Phi) is 6.02. The number of nitrogen functional groups attached to an aromatic ring is 1.